The van der Waals surface area contributed by atoms with E-state index < -0.39 is 0 Å². The Hall–Kier alpha value is -4.04. The highest BCUT2D eigenvalue weighted by Crippen LogP contribution is 2.66. The summed E-state index contributed by atoms with van der Waals surface area (Å²) >= 11 is 0. The normalized spacial score (nSPS) is 26.2. The Bertz CT molecular complexity index is 1580. The van der Waals surface area contributed by atoms with Gasteiger partial charge in [-0.05, 0) is 123 Å². The maximum atomic E-state index is 6.27. The summed E-state index contributed by atoms with van der Waals surface area (Å²) in [7, 11) is 0. The van der Waals surface area contributed by atoms with Crippen molar-refractivity contribution >= 4 is 12.2 Å². The fraction of sp³-hybridized carbons (Fsp3) is 0.300. The molecule has 0 N–H and O–H groups in total. The minimum atomic E-state index is 0.668. The van der Waals surface area contributed by atoms with E-state index >= 15 is 0 Å². The number of ether oxygens (including phenoxy) is 2. The number of rotatable bonds is 8. The first kappa shape index (κ1) is 26.8. The van der Waals surface area contributed by atoms with Gasteiger partial charge in [-0.15, -0.1) is 0 Å². The Morgan fingerprint density at radius 2 is 1.05 bits per heavy atom. The Labute approximate surface area is 250 Å². The minimum absolute atomic E-state index is 0.668. The molecule has 6 unspecified atom stereocenters. The van der Waals surface area contributed by atoms with Crippen molar-refractivity contribution in [3.63, 3.8) is 0 Å². The van der Waals surface area contributed by atoms with Gasteiger partial charge in [-0.3, -0.25) is 0 Å². The van der Waals surface area contributed by atoms with E-state index in [-0.39, 0.29) is 0 Å². The van der Waals surface area contributed by atoms with E-state index in [1.807, 2.05) is 38.1 Å². The summed E-state index contributed by atoms with van der Waals surface area (Å²) in [5.41, 5.74) is 5.19. The number of para-hydroxylation sites is 2. The van der Waals surface area contributed by atoms with Crippen molar-refractivity contribution < 1.29 is 9.47 Å². The van der Waals surface area contributed by atoms with Crippen LogP contribution in [0.3, 0.4) is 0 Å². The first-order valence-corrected chi connectivity index (χ1v) is 15.7. The molecule has 3 saturated carbocycles. The molecule has 2 bridgehead atoms. The van der Waals surface area contributed by atoms with Gasteiger partial charge in [0, 0.05) is 11.1 Å². The largest absolute Gasteiger partial charge is 0.457 e. The van der Waals surface area contributed by atoms with Crippen LogP contribution in [0.25, 0.3) is 12.2 Å². The monoisotopic (exact) mass is 552 g/mol. The lowest BCUT2D eigenvalue weighted by Crippen LogP contribution is -2.23. The van der Waals surface area contributed by atoms with Crippen LogP contribution in [0.15, 0.2) is 109 Å². The van der Waals surface area contributed by atoms with Gasteiger partial charge < -0.3 is 9.47 Å². The van der Waals surface area contributed by atoms with Gasteiger partial charge in [0.15, 0.2) is 0 Å². The molecule has 0 heterocycles. The third-order valence-electron chi connectivity index (χ3n) is 10.1. The van der Waals surface area contributed by atoms with E-state index in [9.17, 15) is 0 Å². The van der Waals surface area contributed by atoms with E-state index in [1.165, 1.54) is 36.8 Å². The highest BCUT2D eigenvalue weighted by Gasteiger charge is 2.56. The van der Waals surface area contributed by atoms with Crippen molar-refractivity contribution in [2.75, 3.05) is 0 Å². The molecule has 0 saturated heterocycles. The molecule has 3 fully saturated rings. The van der Waals surface area contributed by atoms with Crippen molar-refractivity contribution in [1.29, 1.82) is 0 Å². The summed E-state index contributed by atoms with van der Waals surface area (Å²) in [6, 6.07) is 34.4. The Kier molecular flexibility index (Phi) is 7.46. The van der Waals surface area contributed by atoms with E-state index in [4.69, 9.17) is 9.47 Å². The third-order valence-corrected chi connectivity index (χ3v) is 10.1. The van der Waals surface area contributed by atoms with E-state index in [2.05, 4.69) is 97.1 Å². The second-order valence-electron chi connectivity index (χ2n) is 12.4. The zero-order chi connectivity index (χ0) is 28.5. The number of hydrogen-bond acceptors (Lipinski definition) is 2. The molecule has 0 aliphatic heterocycles. The smallest absolute Gasteiger partial charge is 0.134 e. The van der Waals surface area contributed by atoms with Crippen LogP contribution in [0, 0.1) is 23.7 Å². The van der Waals surface area contributed by atoms with Gasteiger partial charge in [0.1, 0.15) is 23.0 Å². The summed E-state index contributed by atoms with van der Waals surface area (Å²) in [5.74, 6) is 8.43. The van der Waals surface area contributed by atoms with E-state index in [1.54, 1.807) is 0 Å². The van der Waals surface area contributed by atoms with Crippen molar-refractivity contribution in [3.05, 3.63) is 131 Å². The third kappa shape index (κ3) is 5.20. The van der Waals surface area contributed by atoms with Crippen LogP contribution < -0.4 is 9.47 Å². The minimum Gasteiger partial charge on any atom is -0.457 e. The van der Waals surface area contributed by atoms with Gasteiger partial charge in [0.25, 0.3) is 0 Å². The number of allylic oxidation sites excluding steroid dienone is 2. The van der Waals surface area contributed by atoms with Gasteiger partial charge in [0.05, 0.1) is 0 Å². The summed E-state index contributed by atoms with van der Waals surface area (Å²) in [5, 5.41) is 0. The molecule has 2 heteroatoms. The highest BCUT2D eigenvalue weighted by atomic mass is 16.5. The predicted octanol–water partition coefficient (Wildman–Crippen LogP) is 11.3. The lowest BCUT2D eigenvalue weighted by molar-refractivity contribution is 0.232. The van der Waals surface area contributed by atoms with Gasteiger partial charge in [0.2, 0.25) is 0 Å². The maximum absolute atomic E-state index is 6.27. The molecule has 0 spiro atoms. The summed E-state index contributed by atoms with van der Waals surface area (Å²) in [6.45, 7) is 4.08. The molecule has 6 atom stereocenters. The molecular weight excluding hydrogens is 512 g/mol. The van der Waals surface area contributed by atoms with E-state index in [0.717, 1.165) is 57.8 Å². The van der Waals surface area contributed by atoms with Crippen molar-refractivity contribution in [3.8, 4) is 23.0 Å². The Balaban J connectivity index is 1.00. The fourth-order valence-corrected chi connectivity index (χ4v) is 8.35. The molecule has 0 aromatic heterocycles. The van der Waals surface area contributed by atoms with Gasteiger partial charge >= 0.3 is 0 Å². The quantitative estimate of drug-likeness (QED) is 0.216. The average molecular weight is 553 g/mol. The van der Waals surface area contributed by atoms with Crippen molar-refractivity contribution in [2.45, 2.75) is 51.4 Å². The summed E-state index contributed by atoms with van der Waals surface area (Å²) in [4.78, 5) is 0. The summed E-state index contributed by atoms with van der Waals surface area (Å²) in [6.07, 6.45) is 13.7. The topological polar surface area (TPSA) is 18.5 Å². The van der Waals surface area contributed by atoms with Gasteiger partial charge in [-0.2, -0.15) is 0 Å². The molecule has 2 nitrogen and oxygen atoms in total. The van der Waals surface area contributed by atoms with Crippen LogP contribution in [0.1, 0.15) is 73.6 Å². The first-order valence-electron chi connectivity index (χ1n) is 15.7. The number of benzene rings is 4. The SMILES string of the molecule is CC=Cc1ccccc1Oc1ccc(C2CC3C4CC(c5ccc(Oc6ccccc6C=CC)cc5)C(C4)C3C2)cc1. The average Bonchev–Trinajstić information content (AvgIpc) is 3.73. The van der Waals surface area contributed by atoms with Crippen LogP contribution in [-0.2, 0) is 0 Å². The van der Waals surface area contributed by atoms with Crippen LogP contribution in [0.5, 0.6) is 23.0 Å². The maximum Gasteiger partial charge on any atom is 0.134 e. The van der Waals surface area contributed by atoms with Crippen LogP contribution in [0.2, 0.25) is 0 Å². The standard InChI is InChI=1S/C40H40O2/c1-3-9-29-11-5-7-13-39(29)41-33-19-15-27(16-20-33)31-23-36-32-25-35(38(26-32)37(36)24-31)28-17-21-34(22-18-28)42-40-14-8-6-12-30(40)10-4-2/h3-22,31-32,35-38H,23-26H2,1-2H3. The van der Waals surface area contributed by atoms with Gasteiger partial charge in [-0.1, -0.05) is 85.0 Å². The number of fused-ring (bicyclic) bond motifs is 5. The first-order chi connectivity index (χ1) is 20.7. The van der Waals surface area contributed by atoms with Crippen LogP contribution in [-0.4, -0.2) is 0 Å². The van der Waals surface area contributed by atoms with Gasteiger partial charge in [-0.25, -0.2) is 0 Å². The molecule has 3 aliphatic carbocycles. The lowest BCUT2D eigenvalue weighted by Gasteiger charge is -2.31. The molecule has 212 valence electrons. The van der Waals surface area contributed by atoms with Crippen molar-refractivity contribution in [2.24, 2.45) is 23.7 Å². The highest BCUT2D eigenvalue weighted by molar-refractivity contribution is 5.58. The summed E-state index contributed by atoms with van der Waals surface area (Å²) < 4.78 is 12.5. The lowest BCUT2D eigenvalue weighted by atomic mass is 9.73. The fourth-order valence-electron chi connectivity index (χ4n) is 8.35. The molecule has 0 amide bonds. The zero-order valence-corrected chi connectivity index (χ0v) is 24.7. The molecular formula is C40H40O2. The van der Waals surface area contributed by atoms with Crippen LogP contribution >= 0.6 is 0 Å². The molecule has 3 aliphatic rings. The van der Waals surface area contributed by atoms with Crippen molar-refractivity contribution in [1.82, 2.24) is 0 Å². The van der Waals surface area contributed by atoms with Crippen LogP contribution in [0.4, 0.5) is 0 Å². The molecule has 7 rings (SSSR count). The molecule has 42 heavy (non-hydrogen) atoms. The number of hydrogen-bond donors (Lipinski definition) is 0. The Morgan fingerprint density at radius 3 is 1.62 bits per heavy atom. The molecule has 0 radical (unpaired) electrons. The second kappa shape index (κ2) is 11.7. The molecule has 4 aromatic carbocycles. The molecule has 4 aromatic rings. The Morgan fingerprint density at radius 1 is 0.524 bits per heavy atom. The predicted molar refractivity (Wildman–Crippen MR) is 173 cm³/mol. The zero-order valence-electron chi connectivity index (χ0n) is 24.7. The van der Waals surface area contributed by atoms with E-state index in [0.29, 0.717) is 11.8 Å². The second-order valence-corrected chi connectivity index (χ2v) is 12.4.